The Morgan fingerprint density at radius 1 is 1.21 bits per heavy atom. The van der Waals surface area contributed by atoms with Crippen LogP contribution in [0.4, 0.5) is 0 Å². The summed E-state index contributed by atoms with van der Waals surface area (Å²) in [7, 11) is 0. The molecule has 0 radical (unpaired) electrons. The number of carboxylic acid groups (broad SMARTS) is 1. The molecule has 1 aromatic heterocycles. The van der Waals surface area contributed by atoms with Gasteiger partial charge < -0.3 is 10.6 Å². The van der Waals surface area contributed by atoms with Gasteiger partial charge in [-0.05, 0) is 28.1 Å². The molecule has 0 aliphatic heterocycles. The molecule has 0 aliphatic carbocycles. The summed E-state index contributed by atoms with van der Waals surface area (Å²) in [5, 5.41) is 9.11. The molecule has 2 rings (SSSR count). The second-order valence-electron chi connectivity index (χ2n) is 3.40. The lowest BCUT2D eigenvalue weighted by Gasteiger charge is -2.09. The van der Waals surface area contributed by atoms with E-state index in [2.05, 4.69) is 15.9 Å². The highest BCUT2D eigenvalue weighted by Crippen LogP contribution is 2.14. The lowest BCUT2D eigenvalue weighted by molar-refractivity contribution is 0.0685. The van der Waals surface area contributed by atoms with Crippen LogP contribution in [0.2, 0.25) is 0 Å². The Morgan fingerprint density at radius 2 is 1.79 bits per heavy atom. The van der Waals surface area contributed by atoms with Crippen LogP contribution in [0.15, 0.2) is 44.4 Å². The fourth-order valence-electron chi connectivity index (χ4n) is 1.53. The third kappa shape index (κ3) is 2.64. The number of hydrogen-bond donors (Lipinski definition) is 2. The van der Waals surface area contributed by atoms with Crippen LogP contribution >= 0.6 is 15.9 Å². The number of aromatic nitrogens is 2. The maximum Gasteiger partial charge on any atom is 0.354 e. The average Bonchev–Trinajstić information content (AvgIpc) is 2.34. The van der Waals surface area contributed by atoms with Crippen molar-refractivity contribution in [2.24, 2.45) is 0 Å². The highest BCUT2D eigenvalue weighted by Gasteiger charge is 2.19. The van der Waals surface area contributed by atoms with Gasteiger partial charge in [0.2, 0.25) is 0 Å². The normalized spacial score (nSPS) is 9.74. The second kappa shape index (κ2) is 5.63. The van der Waals surface area contributed by atoms with Crippen molar-refractivity contribution in [3.8, 4) is 5.69 Å². The molecule has 2 aromatic rings. The van der Waals surface area contributed by atoms with Gasteiger partial charge in [0.05, 0.1) is 5.69 Å². The first-order chi connectivity index (χ1) is 8.52. The van der Waals surface area contributed by atoms with Crippen LogP contribution in [0.25, 0.3) is 5.69 Å². The summed E-state index contributed by atoms with van der Waals surface area (Å²) in [5.74, 6) is -1.37. The topological polar surface area (TPSA) is 124 Å². The maximum atomic E-state index is 11.7. The number of nitrogens with one attached hydrogen (secondary N) is 1. The SMILES string of the molecule is O.O=C(O)c1c(Br)c(=O)[nH]c(=O)n1-c1ccccc1. The number of rotatable bonds is 2. The van der Waals surface area contributed by atoms with Crippen molar-refractivity contribution >= 4 is 21.9 Å². The lowest BCUT2D eigenvalue weighted by Crippen LogP contribution is -2.34. The summed E-state index contributed by atoms with van der Waals surface area (Å²) in [6, 6.07) is 8.19. The van der Waals surface area contributed by atoms with Gasteiger partial charge >= 0.3 is 11.7 Å². The van der Waals surface area contributed by atoms with Gasteiger partial charge in [0.25, 0.3) is 5.56 Å². The number of aromatic amines is 1. The van der Waals surface area contributed by atoms with E-state index in [-0.39, 0.29) is 9.95 Å². The molecule has 19 heavy (non-hydrogen) atoms. The van der Waals surface area contributed by atoms with Crippen LogP contribution in [0.1, 0.15) is 10.5 Å². The Labute approximate surface area is 114 Å². The number of nitrogens with zero attached hydrogens (tertiary/aromatic N) is 1. The standard InChI is InChI=1S/C11H7BrN2O4.H2O/c12-7-8(10(16)17)14(11(18)13-9(7)15)6-4-2-1-3-5-6;/h1-5H,(H,16,17)(H,13,15,18);1H2. The molecule has 8 heteroatoms. The maximum absolute atomic E-state index is 11.7. The number of H-pyrrole nitrogens is 1. The van der Waals surface area contributed by atoms with Gasteiger partial charge in [-0.3, -0.25) is 14.3 Å². The van der Waals surface area contributed by atoms with E-state index in [4.69, 9.17) is 5.11 Å². The van der Waals surface area contributed by atoms with Gasteiger partial charge in [-0.25, -0.2) is 9.59 Å². The molecule has 0 saturated carbocycles. The van der Waals surface area contributed by atoms with Crippen molar-refractivity contribution < 1.29 is 15.4 Å². The smallest absolute Gasteiger partial charge is 0.354 e. The Balaban J connectivity index is 0.00000180. The zero-order valence-electron chi connectivity index (χ0n) is 9.38. The highest BCUT2D eigenvalue weighted by atomic mass is 79.9. The van der Waals surface area contributed by atoms with E-state index < -0.39 is 22.9 Å². The minimum atomic E-state index is -1.37. The highest BCUT2D eigenvalue weighted by molar-refractivity contribution is 9.10. The summed E-state index contributed by atoms with van der Waals surface area (Å²) >= 11 is 2.88. The molecule has 0 unspecified atom stereocenters. The van der Waals surface area contributed by atoms with Gasteiger partial charge in [0.1, 0.15) is 4.47 Å². The van der Waals surface area contributed by atoms with Gasteiger partial charge in [-0.15, -0.1) is 0 Å². The van der Waals surface area contributed by atoms with Crippen molar-refractivity contribution in [1.29, 1.82) is 0 Å². The average molecular weight is 329 g/mol. The molecule has 100 valence electrons. The first kappa shape index (κ1) is 14.9. The van der Waals surface area contributed by atoms with E-state index >= 15 is 0 Å². The minimum Gasteiger partial charge on any atom is -0.477 e. The number of carboxylic acids is 1. The van der Waals surface area contributed by atoms with Crippen molar-refractivity contribution in [1.82, 2.24) is 9.55 Å². The fraction of sp³-hybridized carbons (Fsp3) is 0. The monoisotopic (exact) mass is 328 g/mol. The molecule has 0 saturated heterocycles. The first-order valence-electron chi connectivity index (χ1n) is 4.86. The summed E-state index contributed by atoms with van der Waals surface area (Å²) in [5.41, 5.74) is -1.62. The van der Waals surface area contributed by atoms with Crippen molar-refractivity contribution in [2.45, 2.75) is 0 Å². The molecule has 0 fully saturated rings. The molecule has 0 bridgehead atoms. The van der Waals surface area contributed by atoms with Gasteiger partial charge in [0.15, 0.2) is 5.69 Å². The summed E-state index contributed by atoms with van der Waals surface area (Å²) in [6.07, 6.45) is 0. The number of carbonyl (C=O) groups is 1. The van der Waals surface area contributed by atoms with Gasteiger partial charge in [-0.1, -0.05) is 18.2 Å². The lowest BCUT2D eigenvalue weighted by atomic mass is 10.3. The van der Waals surface area contributed by atoms with E-state index in [9.17, 15) is 14.4 Å². The number of benzene rings is 1. The zero-order valence-corrected chi connectivity index (χ0v) is 11.0. The summed E-state index contributed by atoms with van der Waals surface area (Å²) < 4.78 is 0.729. The Morgan fingerprint density at radius 3 is 2.32 bits per heavy atom. The molecule has 7 nitrogen and oxygen atoms in total. The third-order valence-corrected chi connectivity index (χ3v) is 3.01. The fourth-order valence-corrected chi connectivity index (χ4v) is 1.97. The summed E-state index contributed by atoms with van der Waals surface area (Å²) in [6.45, 7) is 0. The van der Waals surface area contributed by atoms with Crippen LogP contribution < -0.4 is 11.2 Å². The van der Waals surface area contributed by atoms with Gasteiger partial charge in [-0.2, -0.15) is 0 Å². The molecular formula is C11H9BrN2O5. The number of aromatic carboxylic acids is 1. The molecule has 0 aliphatic rings. The van der Waals surface area contributed by atoms with Crippen molar-refractivity contribution in [3.05, 3.63) is 61.3 Å². The molecule has 0 amide bonds. The van der Waals surface area contributed by atoms with E-state index in [1.54, 1.807) is 30.3 Å². The van der Waals surface area contributed by atoms with E-state index in [0.717, 1.165) is 4.57 Å². The van der Waals surface area contributed by atoms with Crippen LogP contribution in [0.5, 0.6) is 0 Å². The first-order valence-corrected chi connectivity index (χ1v) is 5.65. The number of halogens is 1. The summed E-state index contributed by atoms with van der Waals surface area (Å²) in [4.78, 5) is 36.3. The molecule has 0 atom stereocenters. The number of para-hydroxylation sites is 1. The van der Waals surface area contributed by atoms with Crippen LogP contribution in [-0.2, 0) is 0 Å². The van der Waals surface area contributed by atoms with Crippen LogP contribution in [-0.4, -0.2) is 26.1 Å². The largest absolute Gasteiger partial charge is 0.477 e. The number of hydrogen-bond acceptors (Lipinski definition) is 3. The molecule has 1 heterocycles. The van der Waals surface area contributed by atoms with Crippen molar-refractivity contribution in [3.63, 3.8) is 0 Å². The molecule has 0 spiro atoms. The zero-order chi connectivity index (χ0) is 13.3. The Hall–Kier alpha value is -2.19. The van der Waals surface area contributed by atoms with E-state index in [0.29, 0.717) is 5.69 Å². The van der Waals surface area contributed by atoms with Crippen LogP contribution in [0.3, 0.4) is 0 Å². The van der Waals surface area contributed by atoms with Crippen LogP contribution in [0, 0.1) is 0 Å². The van der Waals surface area contributed by atoms with E-state index in [1.807, 2.05) is 4.98 Å². The molecular weight excluding hydrogens is 320 g/mol. The predicted molar refractivity (Wildman–Crippen MR) is 70.9 cm³/mol. The Kier molecular flexibility index (Phi) is 4.41. The predicted octanol–water partition coefficient (Wildman–Crippen LogP) is 0.162. The van der Waals surface area contributed by atoms with E-state index in [1.165, 1.54) is 0 Å². The minimum absolute atomic E-state index is 0. The third-order valence-electron chi connectivity index (χ3n) is 2.27. The molecule has 1 aromatic carbocycles. The molecule has 4 N–H and O–H groups in total. The van der Waals surface area contributed by atoms with Gasteiger partial charge in [0, 0.05) is 0 Å². The second-order valence-corrected chi connectivity index (χ2v) is 4.19. The Bertz CT molecular complexity index is 720. The quantitative estimate of drug-likeness (QED) is 0.814. The van der Waals surface area contributed by atoms with Crippen molar-refractivity contribution in [2.75, 3.05) is 0 Å².